The van der Waals surface area contributed by atoms with Crippen molar-refractivity contribution in [3.05, 3.63) is 88.4 Å². The third kappa shape index (κ3) is 8.01. The molecule has 0 aliphatic carbocycles. The minimum Gasteiger partial charge on any atom is -0.497 e. The summed E-state index contributed by atoms with van der Waals surface area (Å²) in [5.74, 6) is -0.276. The van der Waals surface area contributed by atoms with Gasteiger partial charge in [0.05, 0.1) is 17.7 Å². The van der Waals surface area contributed by atoms with E-state index in [4.69, 9.17) is 16.3 Å². The summed E-state index contributed by atoms with van der Waals surface area (Å²) in [4.78, 5) is 28.7. The number of rotatable bonds is 12. The highest BCUT2D eigenvalue weighted by Gasteiger charge is 2.33. The van der Waals surface area contributed by atoms with Crippen molar-refractivity contribution in [3.8, 4) is 5.75 Å². The maximum atomic E-state index is 14.1. The van der Waals surface area contributed by atoms with E-state index in [-0.39, 0.29) is 29.1 Å². The van der Waals surface area contributed by atoms with E-state index in [1.54, 1.807) is 63.4 Å². The van der Waals surface area contributed by atoms with Gasteiger partial charge in [-0.3, -0.25) is 13.9 Å². The Morgan fingerprint density at radius 1 is 1.00 bits per heavy atom. The van der Waals surface area contributed by atoms with Gasteiger partial charge in [-0.15, -0.1) is 0 Å². The van der Waals surface area contributed by atoms with Gasteiger partial charge in [0, 0.05) is 17.6 Å². The van der Waals surface area contributed by atoms with E-state index < -0.39 is 28.5 Å². The van der Waals surface area contributed by atoms with Gasteiger partial charge < -0.3 is 15.0 Å². The summed E-state index contributed by atoms with van der Waals surface area (Å²) in [6.45, 7) is 8.62. The number of methoxy groups -OCH3 is 1. The topological polar surface area (TPSA) is 96.0 Å². The molecule has 2 atom stereocenters. The largest absolute Gasteiger partial charge is 0.497 e. The Morgan fingerprint density at radius 3 is 2.32 bits per heavy atom. The number of sulfonamides is 1. The number of ether oxygens (including phenoxy) is 1. The molecule has 0 aromatic heterocycles. The average molecular weight is 600 g/mol. The van der Waals surface area contributed by atoms with E-state index in [2.05, 4.69) is 5.32 Å². The molecule has 10 heteroatoms. The minimum absolute atomic E-state index is 0.0391. The summed E-state index contributed by atoms with van der Waals surface area (Å²) < 4.78 is 34.4. The third-order valence-electron chi connectivity index (χ3n) is 6.98. The van der Waals surface area contributed by atoms with Gasteiger partial charge in [0.15, 0.2) is 0 Å². The lowest BCUT2D eigenvalue weighted by Gasteiger charge is -2.33. The smallest absolute Gasteiger partial charge is 0.264 e. The predicted octanol–water partition coefficient (Wildman–Crippen LogP) is 5.49. The normalized spacial score (nSPS) is 12.8. The molecule has 0 radical (unpaired) electrons. The van der Waals surface area contributed by atoms with E-state index in [1.165, 1.54) is 23.1 Å². The van der Waals surface area contributed by atoms with Crippen LogP contribution in [0.5, 0.6) is 5.75 Å². The van der Waals surface area contributed by atoms with Crippen molar-refractivity contribution in [1.82, 2.24) is 10.2 Å². The fourth-order valence-electron chi connectivity index (χ4n) is 4.22. The first-order valence-corrected chi connectivity index (χ1v) is 15.3. The summed E-state index contributed by atoms with van der Waals surface area (Å²) in [5, 5.41) is 3.26. The predicted molar refractivity (Wildman–Crippen MR) is 163 cm³/mol. The standard InChI is InChI=1S/C31H38ClN3O5S/c1-7-23(4)33-31(37)24(5)34(19-25-9-8-10-27(17-25)40-6)30(36)20-35(29-18-26(32)14-13-22(29)3)41(38,39)28-15-11-21(2)12-16-28/h8-18,23-24H,7,19-20H2,1-6H3,(H,33,37)/t23-,24+/m1/s1. The molecule has 0 aliphatic rings. The molecule has 0 aliphatic heterocycles. The second kappa shape index (κ2) is 13.9. The van der Waals surface area contributed by atoms with Crippen LogP contribution in [0.4, 0.5) is 5.69 Å². The molecule has 3 aromatic rings. The van der Waals surface area contributed by atoms with Crippen LogP contribution < -0.4 is 14.4 Å². The van der Waals surface area contributed by atoms with Crippen molar-refractivity contribution in [3.63, 3.8) is 0 Å². The number of halogens is 1. The molecule has 8 nitrogen and oxygen atoms in total. The molecule has 0 heterocycles. The van der Waals surface area contributed by atoms with Crippen molar-refractivity contribution >= 4 is 39.1 Å². The van der Waals surface area contributed by atoms with Crippen LogP contribution >= 0.6 is 11.6 Å². The number of nitrogens with one attached hydrogen (secondary N) is 1. The maximum Gasteiger partial charge on any atom is 0.264 e. The molecule has 0 saturated carbocycles. The second-order valence-electron chi connectivity index (χ2n) is 10.1. The Bertz CT molecular complexity index is 1480. The second-order valence-corrected chi connectivity index (χ2v) is 12.4. The number of anilines is 1. The SMILES string of the molecule is CC[C@@H](C)NC(=O)[C@H](C)N(Cc1cccc(OC)c1)C(=O)CN(c1cc(Cl)ccc1C)S(=O)(=O)c1ccc(C)cc1. The molecule has 41 heavy (non-hydrogen) atoms. The highest BCUT2D eigenvalue weighted by Crippen LogP contribution is 2.30. The molecule has 0 fully saturated rings. The van der Waals surface area contributed by atoms with Gasteiger partial charge in [0.25, 0.3) is 10.0 Å². The van der Waals surface area contributed by atoms with E-state index in [0.717, 1.165) is 21.9 Å². The minimum atomic E-state index is -4.18. The van der Waals surface area contributed by atoms with Crippen LogP contribution in [0, 0.1) is 13.8 Å². The Hall–Kier alpha value is -3.56. The van der Waals surface area contributed by atoms with Gasteiger partial charge in [0.2, 0.25) is 11.8 Å². The van der Waals surface area contributed by atoms with Crippen molar-refractivity contribution in [2.24, 2.45) is 0 Å². The Labute approximate surface area is 248 Å². The summed E-state index contributed by atoms with van der Waals surface area (Å²) in [5.41, 5.74) is 2.54. The van der Waals surface area contributed by atoms with Crippen LogP contribution in [-0.2, 0) is 26.2 Å². The number of carbonyl (C=O) groups is 2. The Kier molecular flexibility index (Phi) is 10.8. The number of amides is 2. The zero-order chi connectivity index (χ0) is 30.3. The fourth-order valence-corrected chi connectivity index (χ4v) is 5.85. The fraction of sp³-hybridized carbons (Fsp3) is 0.355. The van der Waals surface area contributed by atoms with Gasteiger partial charge in [0.1, 0.15) is 18.3 Å². The van der Waals surface area contributed by atoms with Gasteiger partial charge in [-0.25, -0.2) is 8.42 Å². The lowest BCUT2D eigenvalue weighted by molar-refractivity contribution is -0.139. The zero-order valence-electron chi connectivity index (χ0n) is 24.3. The lowest BCUT2D eigenvalue weighted by atomic mass is 10.1. The monoisotopic (exact) mass is 599 g/mol. The first kappa shape index (κ1) is 32.0. The molecular formula is C31H38ClN3O5S. The summed E-state index contributed by atoms with van der Waals surface area (Å²) in [7, 11) is -2.64. The molecule has 0 unspecified atom stereocenters. The van der Waals surface area contributed by atoms with E-state index in [0.29, 0.717) is 16.3 Å². The number of nitrogens with zero attached hydrogens (tertiary/aromatic N) is 2. The van der Waals surface area contributed by atoms with Crippen molar-refractivity contribution in [1.29, 1.82) is 0 Å². The molecule has 3 aromatic carbocycles. The third-order valence-corrected chi connectivity index (χ3v) is 8.99. The molecular weight excluding hydrogens is 562 g/mol. The molecule has 1 N–H and O–H groups in total. The number of hydrogen-bond donors (Lipinski definition) is 1. The average Bonchev–Trinajstić information content (AvgIpc) is 2.95. The van der Waals surface area contributed by atoms with Crippen LogP contribution in [-0.4, -0.2) is 50.9 Å². The highest BCUT2D eigenvalue weighted by atomic mass is 35.5. The summed E-state index contributed by atoms with van der Waals surface area (Å²) >= 11 is 6.29. The van der Waals surface area contributed by atoms with Crippen molar-refractivity contribution in [2.45, 2.75) is 64.6 Å². The number of hydrogen-bond acceptors (Lipinski definition) is 5. The Morgan fingerprint density at radius 2 is 1.68 bits per heavy atom. The molecule has 2 amide bonds. The van der Waals surface area contributed by atoms with Crippen LogP contribution in [0.3, 0.4) is 0 Å². The molecule has 0 spiro atoms. The van der Waals surface area contributed by atoms with Crippen molar-refractivity contribution in [2.75, 3.05) is 18.0 Å². The van der Waals surface area contributed by atoms with Gasteiger partial charge >= 0.3 is 0 Å². The van der Waals surface area contributed by atoms with Crippen LogP contribution in [0.1, 0.15) is 43.9 Å². The van der Waals surface area contributed by atoms with Gasteiger partial charge in [-0.05, 0) is 81.6 Å². The number of aryl methyl sites for hydroxylation is 2. The van der Waals surface area contributed by atoms with Crippen LogP contribution in [0.2, 0.25) is 5.02 Å². The van der Waals surface area contributed by atoms with E-state index >= 15 is 0 Å². The van der Waals surface area contributed by atoms with E-state index in [9.17, 15) is 18.0 Å². The van der Waals surface area contributed by atoms with Gasteiger partial charge in [-0.1, -0.05) is 54.4 Å². The molecule has 3 rings (SSSR count). The lowest BCUT2D eigenvalue weighted by Crippen LogP contribution is -2.52. The first-order valence-electron chi connectivity index (χ1n) is 13.5. The van der Waals surface area contributed by atoms with Gasteiger partial charge in [-0.2, -0.15) is 0 Å². The molecule has 0 saturated heterocycles. The quantitative estimate of drug-likeness (QED) is 0.297. The van der Waals surface area contributed by atoms with Crippen LogP contribution in [0.15, 0.2) is 71.6 Å². The van der Waals surface area contributed by atoms with Crippen molar-refractivity contribution < 1.29 is 22.7 Å². The first-order chi connectivity index (χ1) is 19.4. The number of benzene rings is 3. The molecule has 220 valence electrons. The maximum absolute atomic E-state index is 14.1. The van der Waals surface area contributed by atoms with E-state index in [1.807, 2.05) is 26.8 Å². The molecule has 0 bridgehead atoms. The zero-order valence-corrected chi connectivity index (χ0v) is 25.9. The highest BCUT2D eigenvalue weighted by molar-refractivity contribution is 7.92. The number of carbonyl (C=O) groups excluding carboxylic acids is 2. The summed E-state index contributed by atoms with van der Waals surface area (Å²) in [6.07, 6.45) is 0.721. The summed E-state index contributed by atoms with van der Waals surface area (Å²) in [6, 6.07) is 17.5. The van der Waals surface area contributed by atoms with Crippen LogP contribution in [0.25, 0.3) is 0 Å². The Balaban J connectivity index is 2.08.